The molecule has 0 spiro atoms. The van der Waals surface area contributed by atoms with Crippen LogP contribution in [0.5, 0.6) is 0 Å². The number of halogens is 10. The Bertz CT molecular complexity index is 2910. The molecule has 0 unspecified atom stereocenters. The van der Waals surface area contributed by atoms with Gasteiger partial charge in [-0.1, -0.05) is 185 Å². The first-order valence-electron chi connectivity index (χ1n) is 31.5. The Kier molecular flexibility index (Phi) is 40.0. The molecule has 10 rings (SSSR count). The minimum absolute atomic E-state index is 0. The number of hydrogen-bond acceptors (Lipinski definition) is 0. The van der Waals surface area contributed by atoms with Crippen LogP contribution in [0.25, 0.3) is 0 Å². The lowest BCUT2D eigenvalue weighted by Gasteiger charge is -2.35. The molecule has 0 nitrogen and oxygen atoms in total. The van der Waals surface area contributed by atoms with Gasteiger partial charge in [0.1, 0.15) is 46.5 Å². The van der Waals surface area contributed by atoms with Crippen molar-refractivity contribution in [1.29, 1.82) is 0 Å². The third-order valence-electron chi connectivity index (χ3n) is 17.2. The summed E-state index contributed by atoms with van der Waals surface area (Å²) in [5.74, 6) is 2.13. The summed E-state index contributed by atoms with van der Waals surface area (Å²) >= 11 is 0. The maximum Gasteiger partial charge on any atom is 0.161 e. The molecular weight excluding hydrogens is 1160 g/mol. The highest BCUT2D eigenvalue weighted by atomic mass is 19.2. The molecule has 0 bridgehead atoms. The summed E-state index contributed by atoms with van der Waals surface area (Å²) in [6, 6.07) is 29.7. The van der Waals surface area contributed by atoms with Crippen LogP contribution in [0, 0.1) is 191 Å². The lowest BCUT2D eigenvalue weighted by atomic mass is 9.70. The maximum atomic E-state index is 12.6. The Morgan fingerprint density at radius 1 is 0.242 bits per heavy atom. The van der Waals surface area contributed by atoms with Gasteiger partial charge in [0.05, 0.1) is 0 Å². The molecule has 3 saturated carbocycles. The van der Waals surface area contributed by atoms with Gasteiger partial charge in [0.25, 0.3) is 0 Å². The van der Waals surface area contributed by atoms with E-state index in [1.165, 1.54) is 127 Å². The van der Waals surface area contributed by atoms with E-state index in [1.54, 1.807) is 116 Å². The SMILES string of the molecule is C.C.C.CC1CCC(CC2CCC(CC3CCC(C)CC3)CC2)CC1.Cc1cc(F)c(C)c(F)c1.Cc1cc(F)c(C)c(F)c1.Cc1cc(F)c(C)cc1F.Cc1ccc(C)c(F)c1.Cc1ccc(C)c(F)c1.Cc1ccc(C)c(F)c1F.Cc1ccc(C)cc1. The zero-order chi connectivity index (χ0) is 65.9. The molecule has 7 aromatic rings. The van der Waals surface area contributed by atoms with Crippen molar-refractivity contribution in [2.24, 2.45) is 35.5 Å². The second-order valence-corrected chi connectivity index (χ2v) is 25.7. The molecule has 0 saturated heterocycles. The van der Waals surface area contributed by atoms with Crippen molar-refractivity contribution in [1.82, 2.24) is 0 Å². The van der Waals surface area contributed by atoms with Crippen molar-refractivity contribution in [2.45, 2.75) is 223 Å². The van der Waals surface area contributed by atoms with Crippen LogP contribution in [0.2, 0.25) is 0 Å². The summed E-state index contributed by atoms with van der Waals surface area (Å²) < 4.78 is 126. The van der Waals surface area contributed by atoms with Crippen molar-refractivity contribution in [3.05, 3.63) is 245 Å². The van der Waals surface area contributed by atoms with Crippen LogP contribution < -0.4 is 0 Å². The van der Waals surface area contributed by atoms with Gasteiger partial charge in [-0.15, -0.1) is 0 Å². The predicted molar refractivity (Wildman–Crippen MR) is 368 cm³/mol. The molecule has 0 aromatic heterocycles. The Labute approximate surface area is 545 Å². The molecule has 0 amide bonds. The van der Waals surface area contributed by atoms with Crippen LogP contribution in [0.1, 0.15) is 204 Å². The van der Waals surface area contributed by atoms with E-state index in [-0.39, 0.29) is 56.7 Å². The molecule has 506 valence electrons. The first kappa shape index (κ1) is 84.8. The van der Waals surface area contributed by atoms with Gasteiger partial charge in [0, 0.05) is 11.1 Å². The van der Waals surface area contributed by atoms with Gasteiger partial charge in [-0.2, -0.15) is 0 Å². The standard InChI is InChI=1S/C22H40.4C8H8F2.2C8H9F.C8H10.3CH4/c1-17-3-7-19(8-4-17)15-21-11-13-22(14-12-21)16-20-9-5-18(2)6-10-20;1-5-3-8(10)6(2)4-7(5)9;2*1-5-3-7(9)6(2)8(10)4-5;1-5-3-4-6(2)8(10)7(5)9;2*1-6-3-4-7(2)8(9)5-6;1-7-3-5-8(2)6-4-7;;;/h17-22H,3-16H2,1-2H3;4*3-4H,1-2H3;2*3-5H,1-2H3;3-6H,1-2H3;3*1H4. The summed E-state index contributed by atoms with van der Waals surface area (Å²) in [4.78, 5) is 0. The zero-order valence-corrected chi connectivity index (χ0v) is 55.5. The van der Waals surface area contributed by atoms with E-state index in [2.05, 4.69) is 52.0 Å². The Hall–Kier alpha value is -6.16. The van der Waals surface area contributed by atoms with Gasteiger partial charge in [-0.05, 0) is 249 Å². The smallest absolute Gasteiger partial charge is 0.161 e. The van der Waals surface area contributed by atoms with Crippen LogP contribution in [-0.4, -0.2) is 0 Å². The third-order valence-corrected chi connectivity index (χ3v) is 17.2. The molecular formula is C81H112F10. The zero-order valence-electron chi connectivity index (χ0n) is 55.5. The van der Waals surface area contributed by atoms with Crippen LogP contribution in [0.3, 0.4) is 0 Å². The predicted octanol–water partition coefficient (Wildman–Crippen LogP) is 26.6. The fourth-order valence-corrected chi connectivity index (χ4v) is 10.8. The number of hydrogen-bond donors (Lipinski definition) is 0. The van der Waals surface area contributed by atoms with Crippen molar-refractivity contribution in [3.63, 3.8) is 0 Å². The molecule has 7 aromatic carbocycles. The van der Waals surface area contributed by atoms with Crippen LogP contribution in [0.15, 0.2) is 109 Å². The second kappa shape index (κ2) is 42.9. The van der Waals surface area contributed by atoms with Crippen molar-refractivity contribution < 1.29 is 43.9 Å². The number of aryl methyl sites for hydroxylation is 12. The first-order valence-corrected chi connectivity index (χ1v) is 31.5. The van der Waals surface area contributed by atoms with E-state index >= 15 is 0 Å². The Balaban J connectivity index is 0.00000104. The fourth-order valence-electron chi connectivity index (χ4n) is 10.8. The summed E-state index contributed by atoms with van der Waals surface area (Å²) in [6.07, 6.45) is 21.7. The second-order valence-electron chi connectivity index (χ2n) is 25.7. The fraction of sp³-hybridized carbons (Fsp3) is 0.481. The lowest BCUT2D eigenvalue weighted by Crippen LogP contribution is -2.22. The van der Waals surface area contributed by atoms with Gasteiger partial charge in [0.2, 0.25) is 0 Å². The van der Waals surface area contributed by atoms with Crippen molar-refractivity contribution in [2.75, 3.05) is 0 Å². The van der Waals surface area contributed by atoms with Crippen LogP contribution in [0.4, 0.5) is 43.9 Å². The minimum Gasteiger partial charge on any atom is -0.207 e. The summed E-state index contributed by atoms with van der Waals surface area (Å²) in [5.41, 5.74) is 8.82. The molecule has 91 heavy (non-hydrogen) atoms. The minimum atomic E-state index is -0.736. The van der Waals surface area contributed by atoms with E-state index < -0.39 is 34.9 Å². The van der Waals surface area contributed by atoms with E-state index in [4.69, 9.17) is 0 Å². The molecule has 10 heteroatoms. The lowest BCUT2D eigenvalue weighted by molar-refractivity contribution is 0.168. The highest BCUT2D eigenvalue weighted by Gasteiger charge is 2.28. The van der Waals surface area contributed by atoms with Crippen LogP contribution in [-0.2, 0) is 0 Å². The Morgan fingerprint density at radius 2 is 0.451 bits per heavy atom. The van der Waals surface area contributed by atoms with E-state index in [9.17, 15) is 43.9 Å². The quantitative estimate of drug-likeness (QED) is 0.154. The molecule has 3 aliphatic rings. The first-order chi connectivity index (χ1) is 41.3. The average molecular weight is 1280 g/mol. The molecule has 0 radical (unpaired) electrons. The maximum absolute atomic E-state index is 12.6. The molecule has 0 atom stereocenters. The topological polar surface area (TPSA) is 0 Å². The number of benzene rings is 7. The van der Waals surface area contributed by atoms with Gasteiger partial charge in [-0.3, -0.25) is 0 Å². The van der Waals surface area contributed by atoms with Crippen molar-refractivity contribution in [3.8, 4) is 0 Å². The van der Waals surface area contributed by atoms with E-state index in [0.29, 0.717) is 44.5 Å². The van der Waals surface area contributed by atoms with Crippen LogP contribution >= 0.6 is 0 Å². The van der Waals surface area contributed by atoms with Gasteiger partial charge >= 0.3 is 0 Å². The number of rotatable bonds is 4. The average Bonchev–Trinajstić information content (AvgIpc) is 3.33. The normalized spacial score (nSPS) is 17.7. The molecule has 3 aliphatic carbocycles. The molecule has 3 fully saturated rings. The summed E-state index contributed by atoms with van der Waals surface area (Å²) in [6.45, 7) is 28.7. The van der Waals surface area contributed by atoms with Gasteiger partial charge in [-0.25, -0.2) is 43.9 Å². The summed E-state index contributed by atoms with van der Waals surface area (Å²) in [7, 11) is 0. The van der Waals surface area contributed by atoms with Gasteiger partial charge in [0.15, 0.2) is 11.6 Å². The highest BCUT2D eigenvalue weighted by Crippen LogP contribution is 2.42. The highest BCUT2D eigenvalue weighted by molar-refractivity contribution is 5.27. The largest absolute Gasteiger partial charge is 0.207 e. The van der Waals surface area contributed by atoms with Crippen molar-refractivity contribution >= 4 is 0 Å². The summed E-state index contributed by atoms with van der Waals surface area (Å²) in [5, 5.41) is 0. The van der Waals surface area contributed by atoms with Gasteiger partial charge < -0.3 is 0 Å². The molecule has 0 N–H and O–H groups in total. The molecule has 0 aliphatic heterocycles. The Morgan fingerprint density at radius 3 is 0.692 bits per heavy atom. The van der Waals surface area contributed by atoms with E-state index in [0.717, 1.165) is 46.6 Å². The van der Waals surface area contributed by atoms with E-state index in [1.807, 2.05) is 26.0 Å². The molecule has 0 heterocycles. The third kappa shape index (κ3) is 31.8. The monoisotopic (exact) mass is 1270 g/mol.